The maximum Gasteiger partial charge on any atom is 0.490 e. The van der Waals surface area contributed by atoms with Crippen molar-refractivity contribution in [2.75, 3.05) is 13.1 Å². The van der Waals surface area contributed by atoms with Crippen LogP contribution in [0.3, 0.4) is 0 Å². The van der Waals surface area contributed by atoms with Gasteiger partial charge in [0.05, 0.1) is 11.7 Å². The van der Waals surface area contributed by atoms with Gasteiger partial charge in [0.2, 0.25) is 0 Å². The van der Waals surface area contributed by atoms with Gasteiger partial charge in [0.1, 0.15) is 17.3 Å². The highest BCUT2D eigenvalue weighted by atomic mass is 19.4. The van der Waals surface area contributed by atoms with Gasteiger partial charge in [-0.2, -0.15) is 13.2 Å². The first-order chi connectivity index (χ1) is 14.5. The summed E-state index contributed by atoms with van der Waals surface area (Å²) < 4.78 is 39.0. The van der Waals surface area contributed by atoms with E-state index in [1.165, 1.54) is 12.8 Å². The van der Waals surface area contributed by atoms with Gasteiger partial charge < -0.3 is 19.5 Å². The Hall–Kier alpha value is -2.89. The number of rotatable bonds is 5. The molecule has 2 aromatic rings. The summed E-state index contributed by atoms with van der Waals surface area (Å²) >= 11 is 0. The quantitative estimate of drug-likeness (QED) is 0.730. The average molecular weight is 443 g/mol. The van der Waals surface area contributed by atoms with E-state index in [0.29, 0.717) is 11.6 Å². The normalized spacial score (nSPS) is 18.7. The Morgan fingerprint density at radius 1 is 1.32 bits per heavy atom. The number of aliphatic carboxylic acids is 1. The highest BCUT2D eigenvalue weighted by Crippen LogP contribution is 2.28. The Morgan fingerprint density at radius 2 is 2.00 bits per heavy atom. The number of aromatic nitrogens is 3. The predicted molar refractivity (Wildman–Crippen MR) is 101 cm³/mol. The van der Waals surface area contributed by atoms with E-state index in [1.807, 2.05) is 19.2 Å². The monoisotopic (exact) mass is 443 g/mol. The van der Waals surface area contributed by atoms with E-state index < -0.39 is 12.1 Å². The molecule has 1 aliphatic carbocycles. The van der Waals surface area contributed by atoms with Gasteiger partial charge in [-0.3, -0.25) is 9.69 Å². The third-order valence-corrected chi connectivity index (χ3v) is 5.12. The van der Waals surface area contributed by atoms with Crippen molar-refractivity contribution in [3.05, 3.63) is 35.2 Å². The van der Waals surface area contributed by atoms with Gasteiger partial charge in [0.25, 0.3) is 5.91 Å². The fourth-order valence-corrected chi connectivity index (χ4v) is 3.21. The molecule has 2 aliphatic rings. The van der Waals surface area contributed by atoms with E-state index in [1.54, 1.807) is 0 Å². The van der Waals surface area contributed by atoms with Crippen molar-refractivity contribution in [2.45, 2.75) is 52.0 Å². The van der Waals surface area contributed by atoms with Crippen molar-refractivity contribution in [3.8, 4) is 0 Å². The summed E-state index contributed by atoms with van der Waals surface area (Å²) in [7, 11) is 0. The van der Waals surface area contributed by atoms with Crippen LogP contribution >= 0.6 is 0 Å². The van der Waals surface area contributed by atoms with Crippen molar-refractivity contribution in [1.29, 1.82) is 0 Å². The number of nitrogens with zero attached hydrogens (tertiary/aromatic N) is 4. The second-order valence-electron chi connectivity index (χ2n) is 7.71. The number of aryl methyl sites for hydroxylation is 1. The molecule has 0 spiro atoms. The maximum atomic E-state index is 12.3. The Bertz CT molecular complexity index is 935. The molecule has 0 bridgehead atoms. The molecule has 3 heterocycles. The van der Waals surface area contributed by atoms with Gasteiger partial charge in [-0.05, 0) is 32.6 Å². The molecule has 170 valence electrons. The summed E-state index contributed by atoms with van der Waals surface area (Å²) in [6.45, 7) is 7.26. The van der Waals surface area contributed by atoms with E-state index >= 15 is 0 Å². The molecule has 1 amide bonds. The van der Waals surface area contributed by atoms with Crippen molar-refractivity contribution in [2.24, 2.45) is 5.92 Å². The van der Waals surface area contributed by atoms with Crippen LogP contribution in [-0.2, 0) is 17.9 Å². The number of carboxylic acid groups (broad SMARTS) is 1. The van der Waals surface area contributed by atoms with Crippen LogP contribution in [0.15, 0.2) is 16.8 Å². The summed E-state index contributed by atoms with van der Waals surface area (Å²) in [5.74, 6) is -0.377. The van der Waals surface area contributed by atoms with Crippen LogP contribution in [0.25, 0.3) is 0 Å². The van der Waals surface area contributed by atoms with Crippen LogP contribution in [0.4, 0.5) is 13.2 Å². The Labute approximate surface area is 176 Å². The van der Waals surface area contributed by atoms with Gasteiger partial charge in [0, 0.05) is 38.4 Å². The SMILES string of the molecule is Cc1cc(CN2CCn3cc(C(=O)NCC4CC4)nc3C2C)no1.O=C(O)C(F)(F)F. The van der Waals surface area contributed by atoms with Crippen molar-refractivity contribution < 1.29 is 32.4 Å². The molecular weight excluding hydrogens is 419 g/mol. The minimum Gasteiger partial charge on any atom is -0.475 e. The number of halogens is 3. The smallest absolute Gasteiger partial charge is 0.475 e. The summed E-state index contributed by atoms with van der Waals surface area (Å²) in [5.41, 5.74) is 1.46. The lowest BCUT2D eigenvalue weighted by atomic mass is 10.2. The molecule has 1 fully saturated rings. The fourth-order valence-electron chi connectivity index (χ4n) is 3.21. The lowest BCUT2D eigenvalue weighted by Crippen LogP contribution is -2.36. The van der Waals surface area contributed by atoms with Crippen LogP contribution in [0.1, 0.15) is 53.6 Å². The van der Waals surface area contributed by atoms with Gasteiger partial charge in [-0.15, -0.1) is 0 Å². The number of hydrogen-bond acceptors (Lipinski definition) is 6. The first-order valence-electron chi connectivity index (χ1n) is 9.86. The van der Waals surface area contributed by atoms with Gasteiger partial charge >= 0.3 is 12.1 Å². The number of carboxylic acids is 1. The third kappa shape index (κ3) is 6.06. The standard InChI is InChI=1S/C17H23N5O2.C2HF3O2/c1-11-7-14(20-24-11)9-21-5-6-22-10-15(19-16(22)12(21)2)17(23)18-8-13-3-4-13;3-2(4,5)1(6)7/h7,10,12-13H,3-6,8-9H2,1-2H3,(H,18,23);(H,6,7). The number of amides is 1. The van der Waals surface area contributed by atoms with Crippen LogP contribution in [0, 0.1) is 12.8 Å². The second-order valence-corrected chi connectivity index (χ2v) is 7.71. The number of alkyl halides is 3. The summed E-state index contributed by atoms with van der Waals surface area (Å²) in [4.78, 5) is 28.1. The Kier molecular flexibility index (Phi) is 6.68. The third-order valence-electron chi connectivity index (χ3n) is 5.12. The van der Waals surface area contributed by atoms with E-state index in [9.17, 15) is 18.0 Å². The van der Waals surface area contributed by atoms with Gasteiger partial charge in [-0.25, -0.2) is 9.78 Å². The first-order valence-corrected chi connectivity index (χ1v) is 9.86. The molecule has 9 nitrogen and oxygen atoms in total. The number of imidazole rings is 1. The molecule has 1 saturated carbocycles. The summed E-state index contributed by atoms with van der Waals surface area (Å²) in [5, 5.41) is 14.2. The largest absolute Gasteiger partial charge is 0.490 e. The first kappa shape index (κ1) is 22.8. The van der Waals surface area contributed by atoms with Crippen LogP contribution < -0.4 is 5.32 Å². The minimum atomic E-state index is -5.08. The molecule has 0 radical (unpaired) electrons. The maximum absolute atomic E-state index is 12.3. The van der Waals surface area contributed by atoms with Gasteiger partial charge in [-0.1, -0.05) is 5.16 Å². The molecular formula is C19H24F3N5O4. The molecule has 2 N–H and O–H groups in total. The average Bonchev–Trinajstić information content (AvgIpc) is 3.27. The summed E-state index contributed by atoms with van der Waals surface area (Å²) in [6, 6.07) is 2.10. The molecule has 1 atom stereocenters. The zero-order valence-electron chi connectivity index (χ0n) is 17.1. The minimum absolute atomic E-state index is 0.0605. The Morgan fingerprint density at radius 3 is 2.55 bits per heavy atom. The molecule has 0 saturated heterocycles. The number of fused-ring (bicyclic) bond motifs is 1. The highest BCUT2D eigenvalue weighted by Gasteiger charge is 2.38. The fraction of sp³-hybridized carbons (Fsp3) is 0.579. The van der Waals surface area contributed by atoms with Crippen LogP contribution in [-0.4, -0.2) is 55.9 Å². The van der Waals surface area contributed by atoms with Crippen molar-refractivity contribution in [1.82, 2.24) is 24.9 Å². The number of hydrogen-bond donors (Lipinski definition) is 2. The molecule has 0 aromatic carbocycles. The molecule has 4 rings (SSSR count). The number of carbonyl (C=O) groups is 2. The molecule has 31 heavy (non-hydrogen) atoms. The molecule has 12 heteroatoms. The lowest BCUT2D eigenvalue weighted by Gasteiger charge is -2.32. The van der Waals surface area contributed by atoms with E-state index in [4.69, 9.17) is 14.4 Å². The predicted octanol–water partition coefficient (Wildman–Crippen LogP) is 2.53. The van der Waals surface area contributed by atoms with E-state index in [0.717, 1.165) is 43.5 Å². The Balaban J connectivity index is 0.000000339. The topological polar surface area (TPSA) is 113 Å². The number of carbonyl (C=O) groups excluding carboxylic acids is 1. The zero-order valence-corrected chi connectivity index (χ0v) is 17.1. The highest BCUT2D eigenvalue weighted by molar-refractivity contribution is 5.92. The number of nitrogens with one attached hydrogen (secondary N) is 1. The molecule has 1 aliphatic heterocycles. The van der Waals surface area contributed by atoms with Crippen molar-refractivity contribution >= 4 is 11.9 Å². The van der Waals surface area contributed by atoms with Gasteiger partial charge in [0.15, 0.2) is 0 Å². The second kappa shape index (κ2) is 9.08. The van der Waals surface area contributed by atoms with Crippen LogP contribution in [0.5, 0.6) is 0 Å². The summed E-state index contributed by atoms with van der Waals surface area (Å²) in [6.07, 6.45) is -0.743. The lowest BCUT2D eigenvalue weighted by molar-refractivity contribution is -0.192. The van der Waals surface area contributed by atoms with E-state index in [2.05, 4.69) is 31.8 Å². The molecule has 1 unspecified atom stereocenters. The van der Waals surface area contributed by atoms with Crippen molar-refractivity contribution in [3.63, 3.8) is 0 Å². The van der Waals surface area contributed by atoms with Crippen LogP contribution in [0.2, 0.25) is 0 Å². The van der Waals surface area contributed by atoms with E-state index in [-0.39, 0.29) is 11.9 Å². The zero-order chi connectivity index (χ0) is 22.8. The molecule has 2 aromatic heterocycles.